The minimum absolute atomic E-state index is 0.135. The third-order valence-electron chi connectivity index (χ3n) is 1.67. The zero-order chi connectivity index (χ0) is 11.1. The van der Waals surface area contributed by atoms with Gasteiger partial charge in [-0.15, -0.1) is 11.3 Å². The smallest absolute Gasteiger partial charge is 0.375 e. The molecule has 0 fully saturated rings. The molecular formula is C7H5F3N4S. The van der Waals surface area contributed by atoms with Crippen molar-refractivity contribution in [2.24, 2.45) is 0 Å². The van der Waals surface area contributed by atoms with E-state index < -0.39 is 11.9 Å². The number of anilines is 1. The Kier molecular flexibility index (Phi) is 2.14. The molecule has 0 amide bonds. The number of alkyl halides is 3. The predicted octanol–water partition coefficient (Wildman–Crippen LogP) is 2.13. The second-order valence-corrected chi connectivity index (χ2v) is 3.63. The maximum absolute atomic E-state index is 12.2. The Labute approximate surface area is 85.9 Å². The minimum Gasteiger partial charge on any atom is -0.375 e. The van der Waals surface area contributed by atoms with E-state index in [2.05, 4.69) is 10.1 Å². The van der Waals surface area contributed by atoms with Crippen LogP contribution in [-0.2, 0) is 6.18 Å². The van der Waals surface area contributed by atoms with E-state index in [4.69, 9.17) is 5.73 Å². The number of rotatable bonds is 1. The van der Waals surface area contributed by atoms with E-state index in [1.54, 1.807) is 5.38 Å². The first-order valence-electron chi connectivity index (χ1n) is 3.81. The van der Waals surface area contributed by atoms with Gasteiger partial charge in [0.05, 0.1) is 0 Å². The van der Waals surface area contributed by atoms with E-state index in [0.717, 1.165) is 17.4 Å². The number of aromatic nitrogens is 3. The van der Waals surface area contributed by atoms with E-state index in [9.17, 15) is 13.2 Å². The highest BCUT2D eigenvalue weighted by Gasteiger charge is 2.33. The summed E-state index contributed by atoms with van der Waals surface area (Å²) in [5.74, 6) is 0. The number of halogens is 3. The van der Waals surface area contributed by atoms with E-state index in [-0.39, 0.29) is 5.69 Å². The molecular weight excluding hydrogens is 229 g/mol. The first-order valence-corrected chi connectivity index (χ1v) is 4.69. The van der Waals surface area contributed by atoms with Gasteiger partial charge in [-0.25, -0.2) is 4.98 Å². The molecule has 2 aromatic heterocycles. The van der Waals surface area contributed by atoms with Crippen LogP contribution < -0.4 is 5.73 Å². The summed E-state index contributed by atoms with van der Waals surface area (Å²) in [7, 11) is 0. The highest BCUT2D eigenvalue weighted by atomic mass is 32.1. The molecule has 0 aliphatic carbocycles. The Hall–Kier alpha value is -1.57. The molecule has 0 spiro atoms. The van der Waals surface area contributed by atoms with Gasteiger partial charge in [-0.1, -0.05) is 0 Å². The van der Waals surface area contributed by atoms with E-state index in [1.165, 1.54) is 0 Å². The Morgan fingerprint density at radius 2 is 2.07 bits per heavy atom. The van der Waals surface area contributed by atoms with Gasteiger partial charge in [0.25, 0.3) is 0 Å². The summed E-state index contributed by atoms with van der Waals surface area (Å²) in [5, 5.41) is 7.25. The van der Waals surface area contributed by atoms with Crippen LogP contribution in [0, 0.1) is 0 Å². The normalized spacial score (nSPS) is 11.9. The molecule has 0 atom stereocenters. The van der Waals surface area contributed by atoms with Gasteiger partial charge in [-0.2, -0.15) is 18.3 Å². The predicted molar refractivity (Wildman–Crippen MR) is 49.1 cm³/mol. The molecule has 80 valence electrons. The van der Waals surface area contributed by atoms with Crippen molar-refractivity contribution in [3.63, 3.8) is 0 Å². The molecule has 2 rings (SSSR count). The van der Waals surface area contributed by atoms with Crippen molar-refractivity contribution in [2.75, 3.05) is 5.73 Å². The maximum atomic E-state index is 12.2. The zero-order valence-corrected chi connectivity index (χ0v) is 7.99. The lowest BCUT2D eigenvalue weighted by Crippen LogP contribution is -2.04. The molecule has 0 radical (unpaired) electrons. The molecule has 0 aliphatic heterocycles. The first kappa shape index (κ1) is 9.97. The summed E-state index contributed by atoms with van der Waals surface area (Å²) in [5.41, 5.74) is 4.93. The fraction of sp³-hybridized carbons (Fsp3) is 0.143. The highest BCUT2D eigenvalue weighted by molar-refractivity contribution is 7.13. The number of aromatic amines is 1. The number of H-pyrrole nitrogens is 1. The van der Waals surface area contributed by atoms with E-state index in [1.807, 2.05) is 5.10 Å². The van der Waals surface area contributed by atoms with Crippen LogP contribution in [0.25, 0.3) is 11.4 Å². The molecule has 2 heterocycles. The summed E-state index contributed by atoms with van der Waals surface area (Å²) in [4.78, 5) is 3.82. The lowest BCUT2D eigenvalue weighted by Gasteiger charge is -1.99. The molecule has 15 heavy (non-hydrogen) atoms. The maximum Gasteiger partial charge on any atom is 0.432 e. The molecule has 8 heteroatoms. The molecule has 3 N–H and O–H groups in total. The van der Waals surface area contributed by atoms with Gasteiger partial charge in [0.2, 0.25) is 0 Å². The van der Waals surface area contributed by atoms with Crippen LogP contribution in [0.4, 0.5) is 18.3 Å². The highest BCUT2D eigenvalue weighted by Crippen LogP contribution is 2.30. The Morgan fingerprint density at radius 1 is 1.33 bits per heavy atom. The van der Waals surface area contributed by atoms with Gasteiger partial charge in [-0.3, -0.25) is 5.10 Å². The number of hydrogen-bond donors (Lipinski definition) is 2. The van der Waals surface area contributed by atoms with E-state index >= 15 is 0 Å². The van der Waals surface area contributed by atoms with Crippen molar-refractivity contribution in [3.8, 4) is 11.4 Å². The Balaban J connectivity index is 2.36. The van der Waals surface area contributed by atoms with Gasteiger partial charge >= 0.3 is 6.18 Å². The number of nitrogens with zero attached hydrogens (tertiary/aromatic N) is 2. The van der Waals surface area contributed by atoms with Crippen molar-refractivity contribution in [1.82, 2.24) is 15.2 Å². The average molecular weight is 234 g/mol. The number of thiazole rings is 1. The number of nitrogen functional groups attached to an aromatic ring is 1. The Morgan fingerprint density at radius 3 is 2.53 bits per heavy atom. The van der Waals surface area contributed by atoms with E-state index in [0.29, 0.717) is 10.8 Å². The molecule has 0 aromatic carbocycles. The fourth-order valence-electron chi connectivity index (χ4n) is 1.00. The number of hydrogen-bond acceptors (Lipinski definition) is 4. The third kappa shape index (κ3) is 1.94. The van der Waals surface area contributed by atoms with Crippen LogP contribution in [0.5, 0.6) is 0 Å². The van der Waals surface area contributed by atoms with Crippen LogP contribution in [0.1, 0.15) is 5.69 Å². The Bertz CT molecular complexity index is 473. The van der Waals surface area contributed by atoms with Crippen molar-refractivity contribution < 1.29 is 13.2 Å². The zero-order valence-electron chi connectivity index (χ0n) is 7.17. The van der Waals surface area contributed by atoms with Crippen LogP contribution in [0.15, 0.2) is 11.4 Å². The summed E-state index contributed by atoms with van der Waals surface area (Å²) >= 11 is 1.15. The first-order chi connectivity index (χ1) is 6.97. The SMILES string of the molecule is Nc1nc(-c2cc(C(F)(F)F)[nH]n2)cs1. The van der Waals surface area contributed by atoms with Gasteiger partial charge in [0.15, 0.2) is 5.13 Å². The summed E-state index contributed by atoms with van der Waals surface area (Å²) in [6, 6.07) is 0.897. The average Bonchev–Trinajstić information content (AvgIpc) is 2.69. The second kappa shape index (κ2) is 3.23. The van der Waals surface area contributed by atoms with Crippen molar-refractivity contribution >= 4 is 16.5 Å². The molecule has 0 bridgehead atoms. The van der Waals surface area contributed by atoms with Gasteiger partial charge in [0.1, 0.15) is 17.1 Å². The summed E-state index contributed by atoms with van der Waals surface area (Å²) < 4.78 is 36.6. The molecule has 0 unspecified atom stereocenters. The number of nitrogens with two attached hydrogens (primary N) is 1. The van der Waals surface area contributed by atoms with Crippen LogP contribution in [0.3, 0.4) is 0 Å². The summed E-state index contributed by atoms with van der Waals surface area (Å²) in [6.07, 6.45) is -4.42. The second-order valence-electron chi connectivity index (χ2n) is 2.74. The molecule has 0 saturated carbocycles. The van der Waals surface area contributed by atoms with Crippen LogP contribution >= 0.6 is 11.3 Å². The molecule has 4 nitrogen and oxygen atoms in total. The van der Waals surface area contributed by atoms with Gasteiger partial charge in [0, 0.05) is 5.38 Å². The van der Waals surface area contributed by atoms with Crippen molar-refractivity contribution in [3.05, 3.63) is 17.1 Å². The summed E-state index contributed by atoms with van der Waals surface area (Å²) in [6.45, 7) is 0. The molecule has 0 aliphatic rings. The fourth-order valence-corrected chi connectivity index (χ4v) is 1.56. The monoisotopic (exact) mass is 234 g/mol. The topological polar surface area (TPSA) is 67.6 Å². The lowest BCUT2D eigenvalue weighted by molar-refractivity contribution is -0.141. The minimum atomic E-state index is -4.42. The standard InChI is InChI=1S/C7H5F3N4S/c8-7(9,10)5-1-3(13-14-5)4-2-15-6(11)12-4/h1-2H,(H2,11,12)(H,13,14). The molecule has 0 saturated heterocycles. The number of nitrogens with one attached hydrogen (secondary N) is 1. The van der Waals surface area contributed by atoms with Crippen molar-refractivity contribution in [2.45, 2.75) is 6.18 Å². The third-order valence-corrected chi connectivity index (χ3v) is 2.34. The lowest BCUT2D eigenvalue weighted by atomic mass is 10.3. The van der Waals surface area contributed by atoms with Gasteiger partial charge < -0.3 is 5.73 Å². The van der Waals surface area contributed by atoms with Crippen molar-refractivity contribution in [1.29, 1.82) is 0 Å². The molecule has 2 aromatic rings. The van der Waals surface area contributed by atoms with Gasteiger partial charge in [-0.05, 0) is 6.07 Å². The largest absolute Gasteiger partial charge is 0.432 e. The van der Waals surface area contributed by atoms with Crippen LogP contribution in [0.2, 0.25) is 0 Å². The quantitative estimate of drug-likeness (QED) is 0.794. The van der Waals surface area contributed by atoms with Crippen LogP contribution in [-0.4, -0.2) is 15.2 Å².